The molecule has 1 aliphatic heterocycles. The highest BCUT2D eigenvalue weighted by Gasteiger charge is 2.15. The number of likely N-dealkylation sites (tertiary alicyclic amines) is 1. The van der Waals surface area contributed by atoms with Crippen LogP contribution in [0.1, 0.15) is 41.7 Å². The van der Waals surface area contributed by atoms with Gasteiger partial charge in [-0.25, -0.2) is 4.68 Å². The quantitative estimate of drug-likeness (QED) is 0.831. The first-order valence-electron chi connectivity index (χ1n) is 8.86. The Morgan fingerprint density at radius 2 is 1.92 bits per heavy atom. The van der Waals surface area contributed by atoms with Gasteiger partial charge in [0.1, 0.15) is 0 Å². The van der Waals surface area contributed by atoms with Gasteiger partial charge in [-0.1, -0.05) is 24.6 Å². The van der Waals surface area contributed by atoms with Gasteiger partial charge in [-0.15, -0.1) is 0 Å². The minimum atomic E-state index is -0.0340. The van der Waals surface area contributed by atoms with Crippen LogP contribution in [0.2, 0.25) is 0 Å². The number of amides is 1. The van der Waals surface area contributed by atoms with Crippen molar-refractivity contribution in [3.05, 3.63) is 47.8 Å². The molecule has 5 nitrogen and oxygen atoms in total. The molecule has 0 atom stereocenters. The average molecular weight is 326 g/mol. The molecule has 1 N–H and O–H groups in total. The van der Waals surface area contributed by atoms with E-state index in [0.29, 0.717) is 12.1 Å². The van der Waals surface area contributed by atoms with Crippen molar-refractivity contribution in [1.29, 1.82) is 0 Å². The molecule has 0 bridgehead atoms. The number of hydrogen-bond donors (Lipinski definition) is 1. The van der Waals surface area contributed by atoms with Gasteiger partial charge in [0.25, 0.3) is 5.91 Å². The van der Waals surface area contributed by atoms with Crippen LogP contribution in [-0.4, -0.2) is 46.8 Å². The standard InChI is InChI=1S/C19H26N4O/c1-16-18(15-21-23(16)17-9-4-2-5-10-17)19(24)20-11-8-14-22-12-6-3-7-13-22/h2,4-5,9-10,15H,3,6-8,11-14H2,1H3,(H,20,24). The van der Waals surface area contributed by atoms with Crippen LogP contribution < -0.4 is 5.32 Å². The van der Waals surface area contributed by atoms with Crippen LogP contribution in [0.5, 0.6) is 0 Å². The Kier molecular flexibility index (Phi) is 5.64. The third-order valence-electron chi connectivity index (χ3n) is 4.64. The molecule has 0 spiro atoms. The molecular weight excluding hydrogens is 300 g/mol. The highest BCUT2D eigenvalue weighted by atomic mass is 16.1. The minimum Gasteiger partial charge on any atom is -0.352 e. The monoisotopic (exact) mass is 326 g/mol. The number of piperidine rings is 1. The van der Waals surface area contributed by atoms with Gasteiger partial charge < -0.3 is 10.2 Å². The van der Waals surface area contributed by atoms with E-state index in [9.17, 15) is 4.79 Å². The average Bonchev–Trinajstić information content (AvgIpc) is 3.02. The molecule has 1 amide bonds. The van der Waals surface area contributed by atoms with Crippen LogP contribution in [0.3, 0.4) is 0 Å². The van der Waals surface area contributed by atoms with Gasteiger partial charge in [0, 0.05) is 6.54 Å². The van der Waals surface area contributed by atoms with Crippen LogP contribution >= 0.6 is 0 Å². The number of benzene rings is 1. The summed E-state index contributed by atoms with van der Waals surface area (Å²) in [6, 6.07) is 9.88. The van der Waals surface area contributed by atoms with E-state index in [1.54, 1.807) is 6.20 Å². The Morgan fingerprint density at radius 3 is 2.67 bits per heavy atom. The summed E-state index contributed by atoms with van der Waals surface area (Å²) < 4.78 is 1.81. The summed E-state index contributed by atoms with van der Waals surface area (Å²) in [5, 5.41) is 7.38. The van der Waals surface area contributed by atoms with Crippen LogP contribution in [0.4, 0.5) is 0 Å². The number of carbonyl (C=O) groups excluding carboxylic acids is 1. The molecule has 2 heterocycles. The lowest BCUT2D eigenvalue weighted by atomic mass is 10.1. The maximum Gasteiger partial charge on any atom is 0.254 e. The zero-order chi connectivity index (χ0) is 16.8. The summed E-state index contributed by atoms with van der Waals surface area (Å²) in [7, 11) is 0. The van der Waals surface area contributed by atoms with E-state index in [1.165, 1.54) is 32.4 Å². The second kappa shape index (κ2) is 8.11. The SMILES string of the molecule is Cc1c(C(=O)NCCCN2CCCCC2)cnn1-c1ccccc1. The van der Waals surface area contributed by atoms with Crippen molar-refractivity contribution in [2.24, 2.45) is 0 Å². The lowest BCUT2D eigenvalue weighted by Gasteiger charge is -2.26. The molecule has 1 saturated heterocycles. The molecule has 0 unspecified atom stereocenters. The summed E-state index contributed by atoms with van der Waals surface area (Å²) in [5.74, 6) is -0.0340. The molecule has 1 aromatic heterocycles. The topological polar surface area (TPSA) is 50.2 Å². The van der Waals surface area contributed by atoms with E-state index in [0.717, 1.165) is 24.3 Å². The van der Waals surface area contributed by atoms with Gasteiger partial charge in [-0.2, -0.15) is 5.10 Å². The molecule has 3 rings (SSSR count). The van der Waals surface area contributed by atoms with Crippen molar-refractivity contribution in [2.75, 3.05) is 26.2 Å². The summed E-state index contributed by atoms with van der Waals surface area (Å²) in [4.78, 5) is 14.9. The molecule has 1 aliphatic rings. The van der Waals surface area contributed by atoms with E-state index in [4.69, 9.17) is 0 Å². The van der Waals surface area contributed by atoms with Gasteiger partial charge in [0.05, 0.1) is 23.1 Å². The van der Waals surface area contributed by atoms with E-state index in [2.05, 4.69) is 15.3 Å². The fraction of sp³-hybridized carbons (Fsp3) is 0.474. The molecule has 128 valence electrons. The minimum absolute atomic E-state index is 0.0340. The number of aromatic nitrogens is 2. The number of nitrogens with zero attached hydrogens (tertiary/aromatic N) is 3. The van der Waals surface area contributed by atoms with Crippen molar-refractivity contribution in [3.8, 4) is 5.69 Å². The summed E-state index contributed by atoms with van der Waals surface area (Å²) in [6.45, 7) is 6.13. The molecule has 1 aromatic carbocycles. The first kappa shape index (κ1) is 16.7. The Morgan fingerprint density at radius 1 is 1.17 bits per heavy atom. The highest BCUT2D eigenvalue weighted by molar-refractivity contribution is 5.95. The normalized spacial score (nSPS) is 15.4. The fourth-order valence-electron chi connectivity index (χ4n) is 3.24. The number of carbonyl (C=O) groups is 1. The molecule has 0 aliphatic carbocycles. The van der Waals surface area contributed by atoms with Gasteiger partial charge in [-0.3, -0.25) is 4.79 Å². The Balaban J connectivity index is 1.51. The summed E-state index contributed by atoms with van der Waals surface area (Å²) >= 11 is 0. The maximum absolute atomic E-state index is 12.4. The largest absolute Gasteiger partial charge is 0.352 e. The predicted molar refractivity (Wildman–Crippen MR) is 95.5 cm³/mol. The predicted octanol–water partition coefficient (Wildman–Crippen LogP) is 2.79. The molecule has 2 aromatic rings. The first-order chi connectivity index (χ1) is 11.8. The molecule has 1 fully saturated rings. The smallest absolute Gasteiger partial charge is 0.254 e. The molecule has 5 heteroatoms. The van der Waals surface area contributed by atoms with Gasteiger partial charge in [-0.05, 0) is 58.0 Å². The van der Waals surface area contributed by atoms with E-state index in [1.807, 2.05) is 41.9 Å². The molecule has 0 radical (unpaired) electrons. The van der Waals surface area contributed by atoms with E-state index in [-0.39, 0.29) is 5.91 Å². The second-order valence-electron chi connectivity index (χ2n) is 6.40. The number of para-hydroxylation sites is 1. The number of nitrogens with one attached hydrogen (secondary N) is 1. The van der Waals surface area contributed by atoms with Crippen LogP contribution in [-0.2, 0) is 0 Å². The van der Waals surface area contributed by atoms with Crippen LogP contribution in [0.25, 0.3) is 5.69 Å². The Bertz CT molecular complexity index is 659. The summed E-state index contributed by atoms with van der Waals surface area (Å²) in [5.41, 5.74) is 2.49. The lowest BCUT2D eigenvalue weighted by molar-refractivity contribution is 0.0950. The summed E-state index contributed by atoms with van der Waals surface area (Å²) in [6.07, 6.45) is 6.63. The molecular formula is C19H26N4O. The highest BCUT2D eigenvalue weighted by Crippen LogP contribution is 2.14. The van der Waals surface area contributed by atoms with E-state index >= 15 is 0 Å². The number of hydrogen-bond acceptors (Lipinski definition) is 3. The third-order valence-corrected chi connectivity index (χ3v) is 4.64. The third kappa shape index (κ3) is 4.03. The van der Waals surface area contributed by atoms with Crippen LogP contribution in [0.15, 0.2) is 36.5 Å². The van der Waals surface area contributed by atoms with Crippen LogP contribution in [0, 0.1) is 6.92 Å². The second-order valence-corrected chi connectivity index (χ2v) is 6.40. The van der Waals surface area contributed by atoms with Crippen molar-refractivity contribution >= 4 is 5.91 Å². The first-order valence-corrected chi connectivity index (χ1v) is 8.86. The zero-order valence-electron chi connectivity index (χ0n) is 14.4. The molecule has 0 saturated carbocycles. The lowest BCUT2D eigenvalue weighted by Crippen LogP contribution is -2.33. The van der Waals surface area contributed by atoms with Gasteiger partial charge in [0.2, 0.25) is 0 Å². The van der Waals surface area contributed by atoms with Crippen molar-refractivity contribution < 1.29 is 4.79 Å². The Labute approximate surface area is 143 Å². The van der Waals surface area contributed by atoms with Crippen molar-refractivity contribution in [1.82, 2.24) is 20.0 Å². The van der Waals surface area contributed by atoms with Crippen molar-refractivity contribution in [2.45, 2.75) is 32.6 Å². The van der Waals surface area contributed by atoms with E-state index < -0.39 is 0 Å². The maximum atomic E-state index is 12.4. The fourth-order valence-corrected chi connectivity index (χ4v) is 3.24. The van der Waals surface area contributed by atoms with Gasteiger partial charge in [0.15, 0.2) is 0 Å². The Hall–Kier alpha value is -2.14. The van der Waals surface area contributed by atoms with Gasteiger partial charge >= 0.3 is 0 Å². The number of rotatable bonds is 6. The van der Waals surface area contributed by atoms with Crippen molar-refractivity contribution in [3.63, 3.8) is 0 Å². The molecule has 24 heavy (non-hydrogen) atoms. The zero-order valence-corrected chi connectivity index (χ0v) is 14.4.